The van der Waals surface area contributed by atoms with Crippen LogP contribution in [0.15, 0.2) is 22.7 Å². The molecule has 26 heavy (non-hydrogen) atoms. The van der Waals surface area contributed by atoms with Crippen molar-refractivity contribution in [2.75, 3.05) is 17.2 Å². The first-order valence-corrected chi connectivity index (χ1v) is 9.37. The number of nitrogens with zero attached hydrogens (tertiary/aromatic N) is 3. The molecule has 1 aromatic carbocycles. The molecule has 6 nitrogen and oxygen atoms in total. The van der Waals surface area contributed by atoms with E-state index >= 15 is 0 Å². The van der Waals surface area contributed by atoms with Gasteiger partial charge in [0, 0.05) is 23.1 Å². The second kappa shape index (κ2) is 9.30. The topological polar surface area (TPSA) is 90.7 Å². The van der Waals surface area contributed by atoms with Gasteiger partial charge in [0.15, 0.2) is 5.82 Å². The molecule has 1 aromatic heterocycles. The second-order valence-electron chi connectivity index (χ2n) is 5.85. The molecule has 0 aliphatic rings. The Morgan fingerprint density at radius 2 is 2.04 bits per heavy atom. The summed E-state index contributed by atoms with van der Waals surface area (Å²) in [6.45, 7) is 6.30. The van der Waals surface area contributed by atoms with Crippen LogP contribution in [0.2, 0.25) is 0 Å². The number of aromatic nitrogens is 2. The summed E-state index contributed by atoms with van der Waals surface area (Å²) < 4.78 is 0.911. The molecule has 1 heterocycles. The van der Waals surface area contributed by atoms with Crippen molar-refractivity contribution >= 4 is 33.3 Å². The van der Waals surface area contributed by atoms with E-state index in [4.69, 9.17) is 0 Å². The predicted octanol–water partition coefficient (Wildman–Crippen LogP) is 3.98. The summed E-state index contributed by atoms with van der Waals surface area (Å²) in [5.41, 5.74) is 4.05. The fourth-order valence-corrected chi connectivity index (χ4v) is 3.01. The lowest BCUT2D eigenvalue weighted by Crippen LogP contribution is -2.18. The largest absolute Gasteiger partial charge is 0.367 e. The second-order valence-corrected chi connectivity index (χ2v) is 6.77. The Hall–Kier alpha value is -2.46. The molecule has 0 saturated carbocycles. The van der Waals surface area contributed by atoms with Gasteiger partial charge in [-0.25, -0.2) is 0 Å². The highest BCUT2D eigenvalue weighted by Gasteiger charge is 2.14. The zero-order valence-electron chi connectivity index (χ0n) is 15.2. The highest BCUT2D eigenvalue weighted by molar-refractivity contribution is 9.10. The number of amides is 1. The molecule has 0 aliphatic heterocycles. The van der Waals surface area contributed by atoms with E-state index in [1.807, 2.05) is 39.0 Å². The van der Waals surface area contributed by atoms with Crippen molar-refractivity contribution in [1.82, 2.24) is 10.2 Å². The maximum Gasteiger partial charge on any atom is 0.226 e. The molecule has 2 rings (SSSR count). The van der Waals surface area contributed by atoms with Crippen LogP contribution in [0.4, 0.5) is 11.5 Å². The number of carbonyl (C=O) groups excluding carboxylic acids is 1. The molecule has 0 unspecified atom stereocenters. The third-order valence-corrected chi connectivity index (χ3v) is 4.57. The van der Waals surface area contributed by atoms with Crippen LogP contribution in [0.1, 0.15) is 42.7 Å². The predicted molar refractivity (Wildman–Crippen MR) is 106 cm³/mol. The van der Waals surface area contributed by atoms with Gasteiger partial charge >= 0.3 is 0 Å². The smallest absolute Gasteiger partial charge is 0.226 e. The molecule has 0 radical (unpaired) electrons. The molecular weight excluding hydrogens is 394 g/mol. The Balaban J connectivity index is 2.00. The third-order valence-electron chi connectivity index (χ3n) is 4.08. The summed E-state index contributed by atoms with van der Waals surface area (Å²) >= 11 is 3.40. The standard InChI is InChI=1S/C19H22BrN5O/c1-4-14-15(11-21)19(25-24-16(14)5-2)22-9-8-18(26)23-17-10-13(20)7-6-12(17)3/h6-7,10H,4-5,8-9H2,1-3H3,(H,22,25)(H,23,26). The summed E-state index contributed by atoms with van der Waals surface area (Å²) in [7, 11) is 0. The summed E-state index contributed by atoms with van der Waals surface area (Å²) in [6.07, 6.45) is 1.72. The van der Waals surface area contributed by atoms with E-state index in [1.54, 1.807) is 0 Å². The van der Waals surface area contributed by atoms with Crippen molar-refractivity contribution in [2.24, 2.45) is 0 Å². The summed E-state index contributed by atoms with van der Waals surface area (Å²) in [6, 6.07) is 7.95. The Labute approximate surface area is 162 Å². The van der Waals surface area contributed by atoms with Crippen molar-refractivity contribution in [1.29, 1.82) is 5.26 Å². The van der Waals surface area contributed by atoms with Crippen LogP contribution in [0.25, 0.3) is 0 Å². The highest BCUT2D eigenvalue weighted by atomic mass is 79.9. The summed E-state index contributed by atoms with van der Waals surface area (Å²) in [5, 5.41) is 23.7. The van der Waals surface area contributed by atoms with Crippen LogP contribution < -0.4 is 10.6 Å². The molecule has 2 aromatic rings. The van der Waals surface area contributed by atoms with E-state index < -0.39 is 0 Å². The van der Waals surface area contributed by atoms with Crippen LogP contribution >= 0.6 is 15.9 Å². The van der Waals surface area contributed by atoms with Crippen molar-refractivity contribution in [2.45, 2.75) is 40.0 Å². The molecule has 0 spiro atoms. The number of hydrogen-bond donors (Lipinski definition) is 2. The van der Waals surface area contributed by atoms with Crippen molar-refractivity contribution in [3.63, 3.8) is 0 Å². The highest BCUT2D eigenvalue weighted by Crippen LogP contribution is 2.21. The normalized spacial score (nSPS) is 10.3. The van der Waals surface area contributed by atoms with Gasteiger partial charge in [-0.3, -0.25) is 4.79 Å². The quantitative estimate of drug-likeness (QED) is 0.713. The van der Waals surface area contributed by atoms with E-state index in [0.717, 1.165) is 39.8 Å². The number of nitriles is 1. The van der Waals surface area contributed by atoms with E-state index in [-0.39, 0.29) is 12.3 Å². The Morgan fingerprint density at radius 1 is 1.27 bits per heavy atom. The van der Waals surface area contributed by atoms with E-state index in [2.05, 4.69) is 42.8 Å². The number of rotatable bonds is 7. The van der Waals surface area contributed by atoms with Gasteiger partial charge in [0.1, 0.15) is 11.6 Å². The molecule has 136 valence electrons. The van der Waals surface area contributed by atoms with Crippen molar-refractivity contribution in [3.05, 3.63) is 45.1 Å². The molecule has 7 heteroatoms. The zero-order chi connectivity index (χ0) is 19.1. The number of hydrogen-bond acceptors (Lipinski definition) is 5. The minimum absolute atomic E-state index is 0.105. The van der Waals surface area contributed by atoms with Crippen LogP contribution in [0, 0.1) is 18.3 Å². The Bertz CT molecular complexity index is 845. The molecule has 0 atom stereocenters. The van der Waals surface area contributed by atoms with Crippen LogP contribution in [0.3, 0.4) is 0 Å². The number of carbonyl (C=O) groups is 1. The van der Waals surface area contributed by atoms with Crippen molar-refractivity contribution < 1.29 is 4.79 Å². The Morgan fingerprint density at radius 3 is 2.69 bits per heavy atom. The van der Waals surface area contributed by atoms with Gasteiger partial charge in [-0.15, -0.1) is 5.10 Å². The number of benzene rings is 1. The minimum atomic E-state index is -0.105. The van der Waals surface area contributed by atoms with Crippen LogP contribution in [-0.2, 0) is 17.6 Å². The number of nitrogens with one attached hydrogen (secondary N) is 2. The lowest BCUT2D eigenvalue weighted by molar-refractivity contribution is -0.115. The minimum Gasteiger partial charge on any atom is -0.367 e. The summed E-state index contributed by atoms with van der Waals surface area (Å²) in [5.74, 6) is 0.332. The van der Waals surface area contributed by atoms with Crippen LogP contribution in [-0.4, -0.2) is 22.6 Å². The molecular formula is C19H22BrN5O. The van der Waals surface area contributed by atoms with Gasteiger partial charge in [-0.05, 0) is 43.0 Å². The first kappa shape index (κ1) is 19.9. The molecule has 2 N–H and O–H groups in total. The summed E-state index contributed by atoms with van der Waals surface area (Å²) in [4.78, 5) is 12.2. The van der Waals surface area contributed by atoms with Gasteiger partial charge < -0.3 is 10.6 Å². The SMILES string of the molecule is CCc1nnc(NCCC(=O)Nc2cc(Br)ccc2C)c(C#N)c1CC. The maximum absolute atomic E-state index is 12.2. The van der Waals surface area contributed by atoms with Gasteiger partial charge in [-0.1, -0.05) is 35.8 Å². The Kier molecular flexibility index (Phi) is 7.10. The van der Waals surface area contributed by atoms with E-state index in [1.165, 1.54) is 0 Å². The lowest BCUT2D eigenvalue weighted by Gasteiger charge is -2.12. The average Bonchev–Trinajstić information content (AvgIpc) is 2.63. The third kappa shape index (κ3) is 4.79. The molecule has 1 amide bonds. The molecule has 0 aliphatic carbocycles. The maximum atomic E-state index is 12.2. The number of aryl methyl sites for hydroxylation is 2. The van der Waals surface area contributed by atoms with E-state index in [0.29, 0.717) is 17.9 Å². The van der Waals surface area contributed by atoms with Gasteiger partial charge in [-0.2, -0.15) is 10.4 Å². The van der Waals surface area contributed by atoms with Crippen molar-refractivity contribution in [3.8, 4) is 6.07 Å². The van der Waals surface area contributed by atoms with E-state index in [9.17, 15) is 10.1 Å². The first-order valence-electron chi connectivity index (χ1n) is 8.58. The fourth-order valence-electron chi connectivity index (χ4n) is 2.65. The lowest BCUT2D eigenvalue weighted by atomic mass is 10.0. The van der Waals surface area contributed by atoms with Gasteiger partial charge in [0.25, 0.3) is 0 Å². The van der Waals surface area contributed by atoms with Gasteiger partial charge in [0.05, 0.1) is 5.69 Å². The average molecular weight is 416 g/mol. The molecule has 0 fully saturated rings. The molecule has 0 bridgehead atoms. The molecule has 0 saturated heterocycles. The van der Waals surface area contributed by atoms with Gasteiger partial charge in [0.2, 0.25) is 5.91 Å². The first-order chi connectivity index (χ1) is 12.5. The zero-order valence-corrected chi connectivity index (χ0v) is 16.8. The fraction of sp³-hybridized carbons (Fsp3) is 0.368. The number of halogens is 1. The number of anilines is 2. The van der Waals surface area contributed by atoms with Crippen LogP contribution in [0.5, 0.6) is 0 Å². The monoisotopic (exact) mass is 415 g/mol.